The Morgan fingerprint density at radius 3 is 1.66 bits per heavy atom. The van der Waals surface area contributed by atoms with Crippen LogP contribution in [0.25, 0.3) is 0 Å². The summed E-state index contributed by atoms with van der Waals surface area (Å²) in [7, 11) is -1.23. The normalized spacial score (nSPS) is 12.8. The summed E-state index contributed by atoms with van der Waals surface area (Å²) in [5.74, 6) is 0. The van der Waals surface area contributed by atoms with E-state index in [0.29, 0.717) is 28.1 Å². The Labute approximate surface area is 218 Å². The topological polar surface area (TPSA) is 123 Å². The van der Waals surface area contributed by atoms with Gasteiger partial charge < -0.3 is 21.3 Å². The lowest BCUT2D eigenvalue weighted by Crippen LogP contribution is -2.44. The molecule has 0 heterocycles. The van der Waals surface area contributed by atoms with Gasteiger partial charge in [-0.05, 0) is 67.8 Å². The first-order valence-corrected chi connectivity index (χ1v) is 14.1. The molecule has 4 N–H and O–H groups in total. The minimum Gasteiger partial charge on any atom is -0.360 e. The summed E-state index contributed by atoms with van der Waals surface area (Å²) in [4.78, 5) is 0.313. The molecule has 0 saturated heterocycles. The molecule has 0 amide bonds. The van der Waals surface area contributed by atoms with Crippen molar-refractivity contribution in [2.45, 2.75) is 22.8 Å². The van der Waals surface area contributed by atoms with Crippen LogP contribution in [0.1, 0.15) is 6.92 Å². The quantitative estimate of drug-likeness (QED) is 0.339. The number of anilines is 2. The highest BCUT2D eigenvalue weighted by Gasteiger charge is 2.18. The zero-order valence-electron chi connectivity index (χ0n) is 20.1. The largest absolute Gasteiger partial charge is 0.360 e. The third kappa shape index (κ3) is 8.08. The molecule has 2 aromatic carbocycles. The molecular formula is C21H30N6O4S4. The van der Waals surface area contributed by atoms with Gasteiger partial charge in [-0.25, -0.2) is 25.4 Å². The Bertz CT molecular complexity index is 1280. The molecule has 14 heteroatoms. The van der Waals surface area contributed by atoms with Crippen molar-refractivity contribution in [3.63, 3.8) is 0 Å². The Morgan fingerprint density at radius 2 is 1.23 bits per heavy atom. The van der Waals surface area contributed by atoms with Crippen molar-refractivity contribution in [1.82, 2.24) is 19.2 Å². The van der Waals surface area contributed by atoms with Gasteiger partial charge in [-0.1, -0.05) is 12.1 Å². The fraction of sp³-hybridized carbons (Fsp3) is 0.333. The van der Waals surface area contributed by atoms with Gasteiger partial charge in [0.05, 0.1) is 9.79 Å². The maximum absolute atomic E-state index is 12.3. The number of nitrogens with zero attached hydrogens (tertiary/aromatic N) is 2. The molecule has 0 bridgehead atoms. The smallest absolute Gasteiger partial charge is 0.242 e. The minimum absolute atomic E-state index is 0.135. The standard InChI is InChI=1S/C21H30N6O4S4/c1-15(23-21(33)25-17-9-7-11-19(13-17)35(30,31)27(4)5)14-22-20(32)24-16-8-6-10-18(12-16)34(28,29)26(2)3/h6-13,15H,14H2,1-5H3,(H2,22,24,32)(H2,23,25,33)/t15-/m1/s1. The predicted octanol–water partition coefficient (Wildman–Crippen LogP) is 1.85. The minimum atomic E-state index is -3.55. The first kappa shape index (κ1) is 28.9. The van der Waals surface area contributed by atoms with Gasteiger partial charge in [-0.15, -0.1) is 0 Å². The maximum atomic E-state index is 12.3. The third-order valence-corrected chi connectivity index (χ3v) is 8.78. The summed E-state index contributed by atoms with van der Waals surface area (Å²) in [6.45, 7) is 2.30. The van der Waals surface area contributed by atoms with Gasteiger partial charge in [-0.3, -0.25) is 0 Å². The van der Waals surface area contributed by atoms with Gasteiger partial charge in [0.15, 0.2) is 10.2 Å². The van der Waals surface area contributed by atoms with Crippen molar-refractivity contribution in [3.8, 4) is 0 Å². The summed E-state index contributed by atoms with van der Waals surface area (Å²) in [5.41, 5.74) is 1.08. The third-order valence-electron chi connectivity index (χ3n) is 4.69. The van der Waals surface area contributed by atoms with Gasteiger partial charge in [0.2, 0.25) is 20.0 Å². The van der Waals surface area contributed by atoms with E-state index < -0.39 is 20.0 Å². The van der Waals surface area contributed by atoms with Crippen LogP contribution in [-0.4, -0.2) is 76.4 Å². The SMILES string of the molecule is C[C@H](CNC(=S)Nc1cccc(S(=O)(=O)N(C)C)c1)NC(=S)Nc1cccc(S(=O)(=O)N(C)C)c1. The summed E-state index contributed by atoms with van der Waals surface area (Å²) >= 11 is 10.6. The molecule has 0 saturated carbocycles. The van der Waals surface area contributed by atoms with Gasteiger partial charge in [0.1, 0.15) is 0 Å². The Hall–Kier alpha value is -2.36. The fourth-order valence-electron chi connectivity index (χ4n) is 2.75. The monoisotopic (exact) mass is 558 g/mol. The van der Waals surface area contributed by atoms with Gasteiger partial charge in [0.25, 0.3) is 0 Å². The summed E-state index contributed by atoms with van der Waals surface area (Å²) in [6, 6.07) is 12.6. The summed E-state index contributed by atoms with van der Waals surface area (Å²) < 4.78 is 51.5. The Balaban J connectivity index is 1.89. The van der Waals surface area contributed by atoms with E-state index in [2.05, 4.69) is 21.3 Å². The van der Waals surface area contributed by atoms with E-state index in [4.69, 9.17) is 24.4 Å². The van der Waals surface area contributed by atoms with Crippen molar-refractivity contribution < 1.29 is 16.8 Å². The first-order chi connectivity index (χ1) is 16.2. The van der Waals surface area contributed by atoms with Crippen LogP contribution in [0.4, 0.5) is 11.4 Å². The molecule has 2 rings (SSSR count). The lowest BCUT2D eigenvalue weighted by atomic mass is 10.3. The van der Waals surface area contributed by atoms with Crippen molar-refractivity contribution in [2.24, 2.45) is 0 Å². The maximum Gasteiger partial charge on any atom is 0.242 e. The number of rotatable bonds is 9. The molecule has 0 aliphatic carbocycles. The van der Waals surface area contributed by atoms with E-state index in [0.717, 1.165) is 8.61 Å². The Kier molecular flexibility index (Phi) is 9.94. The molecule has 0 spiro atoms. The van der Waals surface area contributed by atoms with Crippen molar-refractivity contribution in [2.75, 3.05) is 45.4 Å². The molecule has 192 valence electrons. The average Bonchev–Trinajstić information content (AvgIpc) is 2.77. The van der Waals surface area contributed by atoms with Gasteiger partial charge in [-0.2, -0.15) is 0 Å². The highest BCUT2D eigenvalue weighted by molar-refractivity contribution is 7.89. The van der Waals surface area contributed by atoms with E-state index in [-0.39, 0.29) is 15.8 Å². The molecule has 0 aromatic heterocycles. The van der Waals surface area contributed by atoms with Gasteiger partial charge in [0, 0.05) is 52.2 Å². The van der Waals surface area contributed by atoms with E-state index in [1.54, 1.807) is 24.3 Å². The number of sulfonamides is 2. The van der Waals surface area contributed by atoms with Crippen molar-refractivity contribution in [3.05, 3.63) is 48.5 Å². The number of hydrogen-bond acceptors (Lipinski definition) is 6. The van der Waals surface area contributed by atoms with Crippen LogP contribution in [-0.2, 0) is 20.0 Å². The van der Waals surface area contributed by atoms with E-state index >= 15 is 0 Å². The van der Waals surface area contributed by atoms with Crippen LogP contribution in [0.5, 0.6) is 0 Å². The lowest BCUT2D eigenvalue weighted by Gasteiger charge is -2.19. The van der Waals surface area contributed by atoms with Crippen LogP contribution in [0.3, 0.4) is 0 Å². The van der Waals surface area contributed by atoms with E-state index in [9.17, 15) is 16.8 Å². The molecule has 0 aliphatic rings. The molecule has 0 aliphatic heterocycles. The highest BCUT2D eigenvalue weighted by atomic mass is 32.2. The summed E-state index contributed by atoms with van der Waals surface area (Å²) in [6.07, 6.45) is 0. The molecule has 10 nitrogen and oxygen atoms in total. The second-order valence-corrected chi connectivity index (χ2v) is 13.1. The Morgan fingerprint density at radius 1 is 0.800 bits per heavy atom. The molecule has 2 aromatic rings. The van der Waals surface area contributed by atoms with Gasteiger partial charge >= 0.3 is 0 Å². The fourth-order valence-corrected chi connectivity index (χ4v) is 5.17. The lowest BCUT2D eigenvalue weighted by molar-refractivity contribution is 0.520. The zero-order valence-corrected chi connectivity index (χ0v) is 23.3. The van der Waals surface area contributed by atoms with E-state index in [1.165, 1.54) is 52.5 Å². The van der Waals surface area contributed by atoms with E-state index in [1.807, 2.05) is 6.92 Å². The van der Waals surface area contributed by atoms with Crippen molar-refractivity contribution in [1.29, 1.82) is 0 Å². The molecule has 35 heavy (non-hydrogen) atoms. The number of benzene rings is 2. The number of hydrogen-bond donors (Lipinski definition) is 4. The van der Waals surface area contributed by atoms with Crippen LogP contribution in [0, 0.1) is 0 Å². The molecule has 0 fully saturated rings. The number of thiocarbonyl (C=S) groups is 2. The second-order valence-electron chi connectivity index (χ2n) is 7.97. The van der Waals surface area contributed by atoms with Crippen LogP contribution >= 0.6 is 24.4 Å². The average molecular weight is 559 g/mol. The predicted molar refractivity (Wildman–Crippen MR) is 148 cm³/mol. The highest BCUT2D eigenvalue weighted by Crippen LogP contribution is 2.19. The molecule has 1 atom stereocenters. The molecular weight excluding hydrogens is 529 g/mol. The summed E-state index contributed by atoms with van der Waals surface area (Å²) in [5, 5.41) is 12.7. The molecule has 0 radical (unpaired) electrons. The van der Waals surface area contributed by atoms with Crippen LogP contribution in [0.2, 0.25) is 0 Å². The van der Waals surface area contributed by atoms with Crippen molar-refractivity contribution >= 4 is 66.1 Å². The number of nitrogens with one attached hydrogen (secondary N) is 4. The first-order valence-electron chi connectivity index (χ1n) is 10.4. The van der Waals surface area contributed by atoms with Crippen LogP contribution < -0.4 is 21.3 Å². The zero-order chi connectivity index (χ0) is 26.4. The second kappa shape index (κ2) is 12.1. The van der Waals surface area contributed by atoms with Crippen LogP contribution in [0.15, 0.2) is 58.3 Å². The molecule has 0 unspecified atom stereocenters.